The number of hydrogen-bond donors (Lipinski definition) is 0. The van der Waals surface area contributed by atoms with Crippen molar-refractivity contribution in [2.24, 2.45) is 0 Å². The van der Waals surface area contributed by atoms with E-state index in [1.54, 1.807) is 17.0 Å². The predicted octanol–water partition coefficient (Wildman–Crippen LogP) is 3.21. The highest BCUT2D eigenvalue weighted by molar-refractivity contribution is 5.99. The highest BCUT2D eigenvalue weighted by atomic mass is 16.5. The van der Waals surface area contributed by atoms with E-state index in [0.29, 0.717) is 35.9 Å². The molecule has 0 fully saturated rings. The average Bonchev–Trinajstić information content (AvgIpc) is 2.62. The minimum absolute atomic E-state index is 0.0389. The van der Waals surface area contributed by atoms with Crippen molar-refractivity contribution in [3.63, 3.8) is 0 Å². The van der Waals surface area contributed by atoms with Crippen LogP contribution in [0.25, 0.3) is 0 Å². The van der Waals surface area contributed by atoms with E-state index in [1.807, 2.05) is 37.3 Å². The van der Waals surface area contributed by atoms with Gasteiger partial charge in [0.1, 0.15) is 6.29 Å². The number of carbonyl (C=O) groups is 2. The summed E-state index contributed by atoms with van der Waals surface area (Å²) in [6.45, 7) is 2.90. The molecule has 0 radical (unpaired) electrons. The molecular weight excluding hydrogens is 306 g/mol. The third kappa shape index (κ3) is 3.25. The van der Waals surface area contributed by atoms with Gasteiger partial charge in [-0.2, -0.15) is 0 Å². The first-order chi connectivity index (χ1) is 11.7. The van der Waals surface area contributed by atoms with Crippen molar-refractivity contribution in [1.82, 2.24) is 0 Å². The maximum atomic E-state index is 12.4. The van der Waals surface area contributed by atoms with Crippen molar-refractivity contribution in [2.45, 2.75) is 19.9 Å². The first-order valence-corrected chi connectivity index (χ1v) is 7.96. The molecule has 1 aliphatic rings. The zero-order chi connectivity index (χ0) is 16.9. The molecule has 24 heavy (non-hydrogen) atoms. The van der Waals surface area contributed by atoms with Gasteiger partial charge < -0.3 is 14.4 Å². The van der Waals surface area contributed by atoms with Crippen LogP contribution in [-0.2, 0) is 11.3 Å². The number of carbonyl (C=O) groups excluding carboxylic acids is 2. The summed E-state index contributed by atoms with van der Waals surface area (Å²) < 4.78 is 11.3. The summed E-state index contributed by atoms with van der Waals surface area (Å²) in [5, 5.41) is 0. The number of anilines is 1. The second-order valence-corrected chi connectivity index (χ2v) is 5.59. The van der Waals surface area contributed by atoms with Crippen molar-refractivity contribution in [3.8, 4) is 11.5 Å². The summed E-state index contributed by atoms with van der Waals surface area (Å²) in [6, 6.07) is 13.0. The van der Waals surface area contributed by atoms with Gasteiger partial charge in [0, 0.05) is 5.56 Å². The Balaban J connectivity index is 2.01. The molecule has 0 spiro atoms. The van der Waals surface area contributed by atoms with Crippen LogP contribution < -0.4 is 14.4 Å². The molecular formula is C19H19NO4. The number of fused-ring (bicyclic) bond motifs is 1. The van der Waals surface area contributed by atoms with Gasteiger partial charge in [-0.25, -0.2) is 0 Å². The Morgan fingerprint density at radius 1 is 1.25 bits per heavy atom. The molecule has 5 nitrogen and oxygen atoms in total. The van der Waals surface area contributed by atoms with Gasteiger partial charge in [0.05, 0.1) is 18.8 Å². The van der Waals surface area contributed by atoms with Crippen LogP contribution in [0.3, 0.4) is 0 Å². The minimum atomic E-state index is -0.143. The molecule has 3 rings (SSSR count). The first kappa shape index (κ1) is 16.1. The van der Waals surface area contributed by atoms with E-state index in [2.05, 4.69) is 0 Å². The molecule has 0 saturated carbocycles. The Bertz CT molecular complexity index is 743. The van der Waals surface area contributed by atoms with Crippen LogP contribution in [0.15, 0.2) is 42.5 Å². The van der Waals surface area contributed by atoms with Gasteiger partial charge in [-0.05, 0) is 24.1 Å². The summed E-state index contributed by atoms with van der Waals surface area (Å²) in [7, 11) is 0. The van der Waals surface area contributed by atoms with E-state index in [-0.39, 0.29) is 12.5 Å². The summed E-state index contributed by atoms with van der Waals surface area (Å²) >= 11 is 0. The van der Waals surface area contributed by atoms with Gasteiger partial charge in [0.2, 0.25) is 0 Å². The third-order valence-electron chi connectivity index (χ3n) is 3.77. The van der Waals surface area contributed by atoms with Crippen LogP contribution in [0.5, 0.6) is 11.5 Å². The smallest absolute Gasteiger partial charge is 0.265 e. The maximum absolute atomic E-state index is 12.4. The van der Waals surface area contributed by atoms with Crippen LogP contribution in [0.4, 0.5) is 5.69 Å². The summed E-state index contributed by atoms with van der Waals surface area (Å²) in [5.74, 6) is 0.877. The molecule has 2 aromatic carbocycles. The topological polar surface area (TPSA) is 55.8 Å². The van der Waals surface area contributed by atoms with Crippen molar-refractivity contribution < 1.29 is 19.1 Å². The average molecular weight is 325 g/mol. The van der Waals surface area contributed by atoms with Crippen LogP contribution in [0.1, 0.15) is 29.3 Å². The van der Waals surface area contributed by atoms with Gasteiger partial charge in [0.15, 0.2) is 18.1 Å². The molecule has 2 aromatic rings. The zero-order valence-corrected chi connectivity index (χ0v) is 13.5. The lowest BCUT2D eigenvalue weighted by Crippen LogP contribution is -2.38. The first-order valence-electron chi connectivity index (χ1n) is 7.96. The Hall–Kier alpha value is -2.82. The second kappa shape index (κ2) is 7.17. The highest BCUT2D eigenvalue weighted by Crippen LogP contribution is 2.42. The second-order valence-electron chi connectivity index (χ2n) is 5.59. The van der Waals surface area contributed by atoms with Crippen LogP contribution in [0.2, 0.25) is 0 Å². The van der Waals surface area contributed by atoms with E-state index >= 15 is 0 Å². The predicted molar refractivity (Wildman–Crippen MR) is 90.7 cm³/mol. The molecule has 1 amide bonds. The van der Waals surface area contributed by atoms with Crippen molar-refractivity contribution in [1.29, 1.82) is 0 Å². The number of aldehydes is 1. The van der Waals surface area contributed by atoms with Gasteiger partial charge in [-0.15, -0.1) is 0 Å². The fraction of sp³-hybridized carbons (Fsp3) is 0.263. The summed E-state index contributed by atoms with van der Waals surface area (Å²) in [4.78, 5) is 25.3. The molecule has 0 N–H and O–H groups in total. The molecule has 1 heterocycles. The SMILES string of the molecule is CCCOc1cc(C=O)cc2c1OCC(=O)N2Cc1ccccc1. The number of nitrogens with zero attached hydrogens (tertiary/aromatic N) is 1. The molecule has 0 bridgehead atoms. The quantitative estimate of drug-likeness (QED) is 0.765. The number of ether oxygens (including phenoxy) is 2. The van der Waals surface area contributed by atoms with Gasteiger partial charge in [0.25, 0.3) is 5.91 Å². The standard InChI is InChI=1S/C19H19NO4/c1-2-8-23-17-10-15(12-21)9-16-19(17)24-13-18(22)20(16)11-14-6-4-3-5-7-14/h3-7,9-10,12H,2,8,11,13H2,1H3. The number of hydrogen-bond acceptors (Lipinski definition) is 4. The van der Waals surface area contributed by atoms with Crippen molar-refractivity contribution in [3.05, 3.63) is 53.6 Å². The fourth-order valence-corrected chi connectivity index (χ4v) is 2.63. The van der Waals surface area contributed by atoms with E-state index in [1.165, 1.54) is 0 Å². The number of rotatable bonds is 6. The Kier molecular flexibility index (Phi) is 4.79. The van der Waals surface area contributed by atoms with Gasteiger partial charge >= 0.3 is 0 Å². The Morgan fingerprint density at radius 2 is 2.04 bits per heavy atom. The molecule has 0 aromatic heterocycles. The maximum Gasteiger partial charge on any atom is 0.265 e. The van der Waals surface area contributed by atoms with E-state index in [9.17, 15) is 9.59 Å². The summed E-state index contributed by atoms with van der Waals surface area (Å²) in [6.07, 6.45) is 1.59. The highest BCUT2D eigenvalue weighted by Gasteiger charge is 2.29. The summed E-state index contributed by atoms with van der Waals surface area (Å²) in [5.41, 5.74) is 2.04. The van der Waals surface area contributed by atoms with E-state index in [4.69, 9.17) is 9.47 Å². The number of amides is 1. The number of benzene rings is 2. The Labute approximate surface area is 140 Å². The van der Waals surface area contributed by atoms with Gasteiger partial charge in [-0.3, -0.25) is 9.59 Å². The molecule has 0 unspecified atom stereocenters. The normalized spacial score (nSPS) is 13.2. The van der Waals surface area contributed by atoms with E-state index < -0.39 is 0 Å². The van der Waals surface area contributed by atoms with E-state index in [0.717, 1.165) is 18.3 Å². The van der Waals surface area contributed by atoms with Crippen LogP contribution in [0, 0.1) is 0 Å². The molecule has 0 atom stereocenters. The molecule has 0 saturated heterocycles. The van der Waals surface area contributed by atoms with Crippen LogP contribution in [-0.4, -0.2) is 25.4 Å². The van der Waals surface area contributed by atoms with Crippen molar-refractivity contribution >= 4 is 17.9 Å². The third-order valence-corrected chi connectivity index (χ3v) is 3.77. The zero-order valence-electron chi connectivity index (χ0n) is 13.5. The Morgan fingerprint density at radius 3 is 2.75 bits per heavy atom. The molecule has 1 aliphatic heterocycles. The minimum Gasteiger partial charge on any atom is -0.490 e. The van der Waals surface area contributed by atoms with Gasteiger partial charge in [-0.1, -0.05) is 37.3 Å². The van der Waals surface area contributed by atoms with Crippen LogP contribution >= 0.6 is 0 Å². The molecule has 0 aliphatic carbocycles. The largest absolute Gasteiger partial charge is 0.490 e. The monoisotopic (exact) mass is 325 g/mol. The van der Waals surface area contributed by atoms with Crippen molar-refractivity contribution in [2.75, 3.05) is 18.1 Å². The molecule has 124 valence electrons. The lowest BCUT2D eigenvalue weighted by atomic mass is 10.1. The lowest BCUT2D eigenvalue weighted by molar-refractivity contribution is -0.121. The fourth-order valence-electron chi connectivity index (χ4n) is 2.63. The lowest BCUT2D eigenvalue weighted by Gasteiger charge is -2.31. The molecule has 5 heteroatoms.